The van der Waals surface area contributed by atoms with Crippen LogP contribution in [0.15, 0.2) is 69.1 Å². The van der Waals surface area contributed by atoms with E-state index in [0.717, 1.165) is 10.6 Å². The van der Waals surface area contributed by atoms with Crippen LogP contribution in [0.5, 0.6) is 0 Å². The third kappa shape index (κ3) is 3.50. The summed E-state index contributed by atoms with van der Waals surface area (Å²) in [6, 6.07) is 14.5. The smallest absolute Gasteiger partial charge is 0.366 e. The summed E-state index contributed by atoms with van der Waals surface area (Å²) in [5.74, 6) is -0.739. The van der Waals surface area contributed by atoms with Crippen molar-refractivity contribution in [2.45, 2.75) is 11.8 Å². The van der Waals surface area contributed by atoms with Gasteiger partial charge in [-0.25, -0.2) is 9.79 Å². The van der Waals surface area contributed by atoms with Crippen LogP contribution in [0.25, 0.3) is 0 Å². The monoisotopic (exact) mass is 414 g/mol. The second kappa shape index (κ2) is 7.69. The lowest BCUT2D eigenvalue weighted by atomic mass is 10.2. The fourth-order valence-electron chi connectivity index (χ4n) is 2.86. The number of fused-ring (bicyclic) bond motifs is 1. The summed E-state index contributed by atoms with van der Waals surface area (Å²) < 4.78 is 10.4. The van der Waals surface area contributed by atoms with Gasteiger partial charge >= 0.3 is 11.9 Å². The molecule has 2 aliphatic heterocycles. The Labute approximate surface area is 170 Å². The molecule has 0 aliphatic carbocycles. The molecule has 0 amide bonds. The maximum Gasteiger partial charge on any atom is 0.366 e. The Hall–Kier alpha value is -2.77. The molecule has 4 rings (SSSR count). The highest BCUT2D eigenvalue weighted by atomic mass is 35.5. The van der Waals surface area contributed by atoms with Crippen molar-refractivity contribution in [3.8, 4) is 0 Å². The first-order chi connectivity index (χ1) is 13.6. The van der Waals surface area contributed by atoms with Crippen molar-refractivity contribution < 1.29 is 19.1 Å². The summed E-state index contributed by atoms with van der Waals surface area (Å²) in [6.45, 7) is 2.02. The molecule has 28 heavy (non-hydrogen) atoms. The van der Waals surface area contributed by atoms with Crippen molar-refractivity contribution in [1.82, 2.24) is 0 Å². The zero-order valence-electron chi connectivity index (χ0n) is 14.8. The van der Waals surface area contributed by atoms with E-state index in [-0.39, 0.29) is 30.7 Å². The number of hydrogen-bond donors (Lipinski definition) is 0. The topological polar surface area (TPSA) is 68.2 Å². The van der Waals surface area contributed by atoms with E-state index in [2.05, 4.69) is 4.99 Å². The van der Waals surface area contributed by atoms with Crippen molar-refractivity contribution >= 4 is 46.9 Å². The number of nitrogens with zero attached hydrogens (tertiary/aromatic N) is 2. The number of rotatable bonds is 4. The maximum atomic E-state index is 12.5. The first-order valence-electron chi connectivity index (χ1n) is 8.58. The number of aliphatic imine (C=N–C) groups is 1. The lowest BCUT2D eigenvalue weighted by Gasteiger charge is -2.19. The summed E-state index contributed by atoms with van der Waals surface area (Å²) in [4.78, 5) is 31.7. The van der Waals surface area contributed by atoms with Gasteiger partial charge in [-0.05, 0) is 43.3 Å². The minimum absolute atomic E-state index is 0.0181. The first-order valence-corrected chi connectivity index (χ1v) is 9.77. The zero-order valence-corrected chi connectivity index (χ0v) is 16.4. The van der Waals surface area contributed by atoms with Crippen LogP contribution < -0.4 is 4.90 Å². The van der Waals surface area contributed by atoms with Crippen LogP contribution in [0.2, 0.25) is 5.02 Å². The Balaban J connectivity index is 1.74. The number of anilines is 1. The number of carbonyl (C=O) groups excluding carboxylic acids is 2. The highest BCUT2D eigenvalue weighted by molar-refractivity contribution is 8.03. The van der Waals surface area contributed by atoms with E-state index in [1.807, 2.05) is 24.3 Å². The second-order valence-corrected chi connectivity index (χ2v) is 7.40. The minimum Gasteiger partial charge on any atom is -0.465 e. The molecule has 0 spiro atoms. The van der Waals surface area contributed by atoms with Gasteiger partial charge in [-0.2, -0.15) is 0 Å². The van der Waals surface area contributed by atoms with Gasteiger partial charge in [0.1, 0.15) is 11.6 Å². The van der Waals surface area contributed by atoms with Gasteiger partial charge in [0.05, 0.1) is 12.3 Å². The molecule has 2 heterocycles. The number of carbonyl (C=O) groups is 2. The predicted molar refractivity (Wildman–Crippen MR) is 107 cm³/mol. The van der Waals surface area contributed by atoms with Gasteiger partial charge in [-0.15, -0.1) is 0 Å². The molecule has 2 aliphatic rings. The quantitative estimate of drug-likeness (QED) is 0.556. The highest BCUT2D eigenvalue weighted by Gasteiger charge is 2.36. The normalized spacial score (nSPS) is 18.0. The molecule has 0 fully saturated rings. The molecule has 0 bridgehead atoms. The fourth-order valence-corrected chi connectivity index (χ4v) is 4.12. The van der Waals surface area contributed by atoms with E-state index < -0.39 is 5.97 Å². The van der Waals surface area contributed by atoms with Crippen LogP contribution in [-0.2, 0) is 19.1 Å². The molecular weight excluding hydrogens is 400 g/mol. The average molecular weight is 415 g/mol. The molecule has 0 N–H and O–H groups in total. The number of hydrogen-bond acceptors (Lipinski definition) is 7. The van der Waals surface area contributed by atoms with Crippen LogP contribution in [0, 0.1) is 0 Å². The number of benzene rings is 2. The number of thioether (sulfide) groups is 1. The van der Waals surface area contributed by atoms with E-state index in [1.165, 1.54) is 11.8 Å². The molecule has 0 unspecified atom stereocenters. The summed E-state index contributed by atoms with van der Waals surface area (Å²) in [6.07, 6.45) is 0. The van der Waals surface area contributed by atoms with Gasteiger partial charge in [0.2, 0.25) is 5.90 Å². The second-order valence-electron chi connectivity index (χ2n) is 5.93. The van der Waals surface area contributed by atoms with E-state index in [9.17, 15) is 9.59 Å². The number of esters is 2. The predicted octanol–water partition coefficient (Wildman–Crippen LogP) is 3.99. The summed E-state index contributed by atoms with van der Waals surface area (Å²) in [5.41, 5.74) is 1.63. The highest BCUT2D eigenvalue weighted by Crippen LogP contribution is 2.47. The summed E-state index contributed by atoms with van der Waals surface area (Å²) >= 11 is 7.29. The van der Waals surface area contributed by atoms with Gasteiger partial charge in [0, 0.05) is 15.5 Å². The summed E-state index contributed by atoms with van der Waals surface area (Å²) in [5, 5.41) is 1.12. The van der Waals surface area contributed by atoms with Crippen LogP contribution >= 0.6 is 23.4 Å². The molecule has 2 aromatic carbocycles. The van der Waals surface area contributed by atoms with Gasteiger partial charge in [-0.3, -0.25) is 4.79 Å². The van der Waals surface area contributed by atoms with E-state index >= 15 is 0 Å². The number of ether oxygens (including phenoxy) is 2. The number of para-hydroxylation sites is 1. The van der Waals surface area contributed by atoms with Crippen molar-refractivity contribution in [1.29, 1.82) is 0 Å². The molecule has 8 heteroatoms. The summed E-state index contributed by atoms with van der Waals surface area (Å²) in [7, 11) is 0. The molecule has 6 nitrogen and oxygen atoms in total. The maximum absolute atomic E-state index is 12.5. The van der Waals surface area contributed by atoms with Gasteiger partial charge in [-0.1, -0.05) is 35.5 Å². The van der Waals surface area contributed by atoms with Gasteiger partial charge < -0.3 is 14.4 Å². The fraction of sp³-hybridized carbons (Fsp3) is 0.150. The van der Waals surface area contributed by atoms with Crippen LogP contribution in [0.4, 0.5) is 5.69 Å². The molecule has 2 aromatic rings. The lowest BCUT2D eigenvalue weighted by molar-refractivity contribution is -0.141. The largest absolute Gasteiger partial charge is 0.465 e. The SMILES string of the molecule is CCOC(=O)CN1C(=C2N=C(c3ccc(Cl)cc3)OC2=O)Sc2ccccc21. The minimum atomic E-state index is -0.561. The number of cyclic esters (lactones) is 1. The van der Waals surface area contributed by atoms with E-state index in [4.69, 9.17) is 21.1 Å². The van der Waals surface area contributed by atoms with Crippen molar-refractivity contribution in [3.63, 3.8) is 0 Å². The lowest BCUT2D eigenvalue weighted by Crippen LogP contribution is -2.28. The van der Waals surface area contributed by atoms with Gasteiger partial charge in [0.15, 0.2) is 5.70 Å². The molecule has 0 atom stereocenters. The molecular formula is C20H15ClN2O4S. The van der Waals surface area contributed by atoms with Crippen LogP contribution in [0.1, 0.15) is 12.5 Å². The third-order valence-corrected chi connectivity index (χ3v) is 5.51. The average Bonchev–Trinajstić information content (AvgIpc) is 3.23. The molecule has 0 saturated carbocycles. The van der Waals surface area contributed by atoms with Crippen LogP contribution in [-0.4, -0.2) is 31.0 Å². The standard InChI is InChI=1S/C20H15ClN2O4S/c1-2-26-16(24)11-23-14-5-3-4-6-15(14)28-19(23)17-20(25)27-18(22-17)12-7-9-13(21)10-8-12/h3-10H,2,11H2,1H3. The van der Waals surface area contributed by atoms with Crippen LogP contribution in [0.3, 0.4) is 0 Å². The zero-order chi connectivity index (χ0) is 19.7. The third-order valence-electron chi connectivity index (χ3n) is 4.09. The molecule has 0 saturated heterocycles. The van der Waals surface area contributed by atoms with Crippen molar-refractivity contribution in [2.24, 2.45) is 4.99 Å². The van der Waals surface area contributed by atoms with Crippen molar-refractivity contribution in [2.75, 3.05) is 18.1 Å². The van der Waals surface area contributed by atoms with E-state index in [0.29, 0.717) is 15.6 Å². The molecule has 0 radical (unpaired) electrons. The Kier molecular flexibility index (Phi) is 5.11. The van der Waals surface area contributed by atoms with Gasteiger partial charge in [0.25, 0.3) is 0 Å². The number of halogens is 1. The molecule has 142 valence electrons. The molecule has 0 aromatic heterocycles. The van der Waals surface area contributed by atoms with E-state index in [1.54, 1.807) is 36.1 Å². The Bertz CT molecular complexity index is 1020. The van der Waals surface area contributed by atoms with Crippen molar-refractivity contribution in [3.05, 3.63) is 69.8 Å². The first kappa shape index (κ1) is 18.6. The Morgan fingerprint density at radius 3 is 2.71 bits per heavy atom. The Morgan fingerprint density at radius 1 is 1.21 bits per heavy atom. The Morgan fingerprint density at radius 2 is 1.96 bits per heavy atom.